The van der Waals surface area contributed by atoms with E-state index in [4.69, 9.17) is 0 Å². The molecule has 0 unspecified atom stereocenters. The lowest BCUT2D eigenvalue weighted by atomic mass is 10.1. The van der Waals surface area contributed by atoms with Crippen molar-refractivity contribution >= 4 is 5.76 Å². The number of hydrogen-bond donors (Lipinski definition) is 1. The second kappa shape index (κ2) is 5.51. The second-order valence-corrected chi connectivity index (χ2v) is 3.46. The molecule has 9 heteroatoms. The first-order valence-electron chi connectivity index (χ1n) is 5.02. The van der Waals surface area contributed by atoms with E-state index in [1.54, 1.807) is 0 Å². The molecule has 3 nitrogen and oxygen atoms in total. The Balaban J connectivity index is 3.21. The lowest BCUT2D eigenvalue weighted by Crippen LogP contribution is -2.19. The van der Waals surface area contributed by atoms with Crippen LogP contribution in [-0.2, 0) is 0 Å². The number of allylic oxidation sites excluding steroid dienone is 1. The van der Waals surface area contributed by atoms with E-state index >= 15 is 0 Å². The van der Waals surface area contributed by atoms with Gasteiger partial charge in [0.1, 0.15) is 17.3 Å². The number of ether oxygens (including phenoxy) is 2. The molecule has 0 fully saturated rings. The van der Waals surface area contributed by atoms with Crippen LogP contribution in [0.1, 0.15) is 12.5 Å². The fourth-order valence-electron chi connectivity index (χ4n) is 1.27. The Morgan fingerprint density at radius 3 is 1.65 bits per heavy atom. The van der Waals surface area contributed by atoms with Crippen LogP contribution in [0.5, 0.6) is 11.5 Å². The number of hydrogen-bond acceptors (Lipinski definition) is 3. The Kier molecular flexibility index (Phi) is 4.41. The van der Waals surface area contributed by atoms with Gasteiger partial charge in [-0.15, -0.1) is 26.3 Å². The van der Waals surface area contributed by atoms with Gasteiger partial charge in [-0.1, -0.05) is 0 Å². The minimum Gasteiger partial charge on any atom is -0.508 e. The topological polar surface area (TPSA) is 38.7 Å². The molecule has 0 saturated carbocycles. The molecule has 1 aromatic carbocycles. The van der Waals surface area contributed by atoms with Crippen LogP contribution in [0, 0.1) is 0 Å². The highest BCUT2D eigenvalue weighted by molar-refractivity contribution is 5.61. The van der Waals surface area contributed by atoms with Gasteiger partial charge in [0.05, 0.1) is 0 Å². The summed E-state index contributed by atoms with van der Waals surface area (Å²) in [6.45, 7) is 1.34. The quantitative estimate of drug-likeness (QED) is 0.664. The van der Waals surface area contributed by atoms with Crippen LogP contribution in [0.4, 0.5) is 26.3 Å². The predicted molar refractivity (Wildman–Crippen MR) is 56.1 cm³/mol. The van der Waals surface area contributed by atoms with Crippen molar-refractivity contribution in [3.8, 4) is 11.5 Å². The summed E-state index contributed by atoms with van der Waals surface area (Å²) in [6, 6.07) is 1.87. The van der Waals surface area contributed by atoms with Crippen molar-refractivity contribution in [3.63, 3.8) is 0 Å². The molecule has 1 rings (SSSR count). The van der Waals surface area contributed by atoms with Crippen LogP contribution < -0.4 is 9.47 Å². The van der Waals surface area contributed by atoms with E-state index in [1.165, 1.54) is 6.92 Å². The Hall–Kier alpha value is -2.06. The van der Waals surface area contributed by atoms with Crippen LogP contribution in [-0.4, -0.2) is 17.8 Å². The van der Waals surface area contributed by atoms with E-state index in [0.29, 0.717) is 6.07 Å². The minimum absolute atomic E-state index is 0.312. The molecule has 1 N–H and O–H groups in total. The van der Waals surface area contributed by atoms with Crippen molar-refractivity contribution in [3.05, 3.63) is 29.8 Å². The van der Waals surface area contributed by atoms with Gasteiger partial charge in [0.2, 0.25) is 0 Å². The maximum Gasteiger partial charge on any atom is 0.573 e. The third-order valence-electron chi connectivity index (χ3n) is 1.92. The number of halogens is 6. The maximum atomic E-state index is 12.1. The Bertz CT molecular complexity index is 470. The summed E-state index contributed by atoms with van der Waals surface area (Å²) < 4.78 is 79.4. The van der Waals surface area contributed by atoms with E-state index in [2.05, 4.69) is 9.47 Å². The standard InChI is InChI=1S/C11H8F6O3/c1-2-9(18)6-3-7(19-10(12,13)14)5-8(4-6)20-11(15,16)17/h2-5,18H,1H3. The second-order valence-electron chi connectivity index (χ2n) is 3.46. The molecule has 0 atom stereocenters. The molecule has 0 bridgehead atoms. The number of rotatable bonds is 3. The zero-order valence-electron chi connectivity index (χ0n) is 9.84. The molecule has 20 heavy (non-hydrogen) atoms. The monoisotopic (exact) mass is 302 g/mol. The van der Waals surface area contributed by atoms with Crippen molar-refractivity contribution in [1.29, 1.82) is 0 Å². The first-order valence-corrected chi connectivity index (χ1v) is 5.02. The van der Waals surface area contributed by atoms with Gasteiger partial charge >= 0.3 is 12.7 Å². The number of aliphatic hydroxyl groups is 1. The first-order chi connectivity index (χ1) is 9.00. The summed E-state index contributed by atoms with van der Waals surface area (Å²) in [5.74, 6) is -2.41. The van der Waals surface area contributed by atoms with Crippen molar-refractivity contribution < 1.29 is 40.9 Å². The number of alkyl halides is 6. The zero-order valence-corrected chi connectivity index (χ0v) is 9.84. The molecule has 0 aliphatic carbocycles. The Labute approximate surface area is 109 Å². The van der Waals surface area contributed by atoms with Gasteiger partial charge in [-0.25, -0.2) is 0 Å². The maximum absolute atomic E-state index is 12.1. The molecule has 0 saturated heterocycles. The van der Waals surface area contributed by atoms with Gasteiger partial charge in [-0.3, -0.25) is 0 Å². The smallest absolute Gasteiger partial charge is 0.508 e. The number of aliphatic hydroxyl groups excluding tert-OH is 1. The molecule has 0 aromatic heterocycles. The van der Waals surface area contributed by atoms with Gasteiger partial charge in [-0.05, 0) is 25.1 Å². The largest absolute Gasteiger partial charge is 0.573 e. The Morgan fingerprint density at radius 1 is 0.950 bits per heavy atom. The fraction of sp³-hybridized carbons (Fsp3) is 0.273. The van der Waals surface area contributed by atoms with Gasteiger partial charge in [0.25, 0.3) is 0 Å². The van der Waals surface area contributed by atoms with Gasteiger partial charge in [0.15, 0.2) is 0 Å². The molecule has 112 valence electrons. The molecular formula is C11H8F6O3. The van der Waals surface area contributed by atoms with E-state index in [1.807, 2.05) is 0 Å². The van der Waals surface area contributed by atoms with Crippen LogP contribution in [0.3, 0.4) is 0 Å². The molecule has 0 spiro atoms. The predicted octanol–water partition coefficient (Wildman–Crippen LogP) is 4.40. The molecule has 0 radical (unpaired) electrons. The summed E-state index contributed by atoms with van der Waals surface area (Å²) in [7, 11) is 0. The van der Waals surface area contributed by atoms with Crippen molar-refractivity contribution in [2.24, 2.45) is 0 Å². The van der Waals surface area contributed by atoms with E-state index < -0.39 is 30.0 Å². The molecule has 0 aliphatic heterocycles. The number of benzene rings is 1. The molecule has 0 amide bonds. The van der Waals surface area contributed by atoms with E-state index in [-0.39, 0.29) is 5.56 Å². The van der Waals surface area contributed by atoms with Crippen LogP contribution in [0.25, 0.3) is 5.76 Å². The first kappa shape index (κ1) is 16.0. The van der Waals surface area contributed by atoms with Crippen molar-refractivity contribution in [1.82, 2.24) is 0 Å². The third-order valence-corrected chi connectivity index (χ3v) is 1.92. The third kappa shape index (κ3) is 5.29. The van der Waals surface area contributed by atoms with Crippen LogP contribution >= 0.6 is 0 Å². The summed E-state index contributed by atoms with van der Waals surface area (Å²) in [5, 5.41) is 9.36. The molecule has 1 aromatic rings. The highest BCUT2D eigenvalue weighted by Gasteiger charge is 2.34. The van der Waals surface area contributed by atoms with E-state index in [9.17, 15) is 31.4 Å². The van der Waals surface area contributed by atoms with Crippen molar-refractivity contribution in [2.45, 2.75) is 19.6 Å². The van der Waals surface area contributed by atoms with Gasteiger partial charge in [-0.2, -0.15) is 0 Å². The van der Waals surface area contributed by atoms with E-state index in [0.717, 1.165) is 18.2 Å². The average Bonchev–Trinajstić information content (AvgIpc) is 2.22. The van der Waals surface area contributed by atoms with Crippen LogP contribution in [0.15, 0.2) is 24.3 Å². The normalized spacial score (nSPS) is 13.2. The average molecular weight is 302 g/mol. The summed E-state index contributed by atoms with van der Waals surface area (Å²) in [6.07, 6.45) is -9.08. The summed E-state index contributed by atoms with van der Waals surface area (Å²) in [5.41, 5.74) is -0.312. The minimum atomic E-state index is -5.08. The van der Waals surface area contributed by atoms with Crippen molar-refractivity contribution in [2.75, 3.05) is 0 Å². The lowest BCUT2D eigenvalue weighted by Gasteiger charge is -2.14. The van der Waals surface area contributed by atoms with Gasteiger partial charge < -0.3 is 14.6 Å². The zero-order chi connectivity index (χ0) is 15.6. The highest BCUT2D eigenvalue weighted by Crippen LogP contribution is 2.32. The SMILES string of the molecule is CC=C(O)c1cc(OC(F)(F)F)cc(OC(F)(F)F)c1. The Morgan fingerprint density at radius 2 is 1.35 bits per heavy atom. The lowest BCUT2D eigenvalue weighted by molar-refractivity contribution is -0.276. The fourth-order valence-corrected chi connectivity index (χ4v) is 1.27. The van der Waals surface area contributed by atoms with Gasteiger partial charge in [0, 0.05) is 11.6 Å². The molecule has 0 heterocycles. The summed E-state index contributed by atoms with van der Waals surface area (Å²) >= 11 is 0. The highest BCUT2D eigenvalue weighted by atomic mass is 19.4. The summed E-state index contributed by atoms with van der Waals surface area (Å²) in [4.78, 5) is 0. The molecular weight excluding hydrogens is 294 g/mol. The molecule has 0 aliphatic rings. The van der Waals surface area contributed by atoms with Crippen LogP contribution in [0.2, 0.25) is 0 Å².